The van der Waals surface area contributed by atoms with Crippen molar-refractivity contribution >= 4 is 0 Å². The van der Waals surface area contributed by atoms with Gasteiger partial charge in [-0.15, -0.1) is 0 Å². The smallest absolute Gasteiger partial charge is 0.0991 e. The first kappa shape index (κ1) is 16.0. The third kappa shape index (κ3) is 5.87. The number of nitrogens with zero attached hydrogens (tertiary/aromatic N) is 3. The maximum absolute atomic E-state index is 8.94. The molecule has 0 unspecified atom stereocenters. The van der Waals surface area contributed by atoms with E-state index >= 15 is 0 Å². The predicted octanol–water partition coefficient (Wildman–Crippen LogP) is 3.26. The van der Waals surface area contributed by atoms with E-state index in [1.54, 1.807) is 0 Å². The van der Waals surface area contributed by atoms with E-state index in [1.807, 2.05) is 18.2 Å². The zero-order valence-electron chi connectivity index (χ0n) is 13.2. The summed E-state index contributed by atoms with van der Waals surface area (Å²) in [4.78, 5) is 4.98. The highest BCUT2D eigenvalue weighted by molar-refractivity contribution is 5.32. The second-order valence-electron chi connectivity index (χ2n) is 6.16. The van der Waals surface area contributed by atoms with Gasteiger partial charge in [0.2, 0.25) is 0 Å². The van der Waals surface area contributed by atoms with Gasteiger partial charge in [0.15, 0.2) is 0 Å². The van der Waals surface area contributed by atoms with Gasteiger partial charge >= 0.3 is 0 Å². The average Bonchev–Trinajstić information content (AvgIpc) is 2.76. The number of rotatable bonds is 6. The molecule has 1 aromatic carbocycles. The molecule has 0 saturated carbocycles. The van der Waals surface area contributed by atoms with Crippen LogP contribution in [0.4, 0.5) is 0 Å². The monoisotopic (exact) mass is 285 g/mol. The summed E-state index contributed by atoms with van der Waals surface area (Å²) in [7, 11) is 2.17. The Bertz CT molecular complexity index is 456. The van der Waals surface area contributed by atoms with Crippen molar-refractivity contribution in [3.8, 4) is 6.07 Å². The molecule has 1 fully saturated rings. The summed E-state index contributed by atoms with van der Waals surface area (Å²) in [6.45, 7) is 5.84. The fraction of sp³-hybridized carbons (Fsp3) is 0.611. The lowest BCUT2D eigenvalue weighted by Crippen LogP contribution is -2.29. The molecule has 1 saturated heterocycles. The van der Waals surface area contributed by atoms with E-state index in [-0.39, 0.29) is 0 Å². The second kappa shape index (κ2) is 8.81. The molecule has 0 amide bonds. The maximum Gasteiger partial charge on any atom is 0.0991 e. The Balaban J connectivity index is 1.69. The molecule has 3 heteroatoms. The molecule has 1 aliphatic heterocycles. The third-order valence-electron chi connectivity index (χ3n) is 4.22. The first-order valence-electron chi connectivity index (χ1n) is 8.18. The van der Waals surface area contributed by atoms with E-state index < -0.39 is 0 Å². The Hall–Kier alpha value is -1.37. The van der Waals surface area contributed by atoms with E-state index in [1.165, 1.54) is 57.3 Å². The van der Waals surface area contributed by atoms with Crippen LogP contribution in [0.15, 0.2) is 24.3 Å². The molecule has 1 aliphatic rings. The Morgan fingerprint density at radius 2 is 1.95 bits per heavy atom. The fourth-order valence-corrected chi connectivity index (χ4v) is 3.05. The minimum atomic E-state index is 0.755. The number of likely N-dealkylation sites (tertiary alicyclic amines) is 1. The van der Waals surface area contributed by atoms with Gasteiger partial charge in [-0.3, -0.25) is 0 Å². The van der Waals surface area contributed by atoms with E-state index in [9.17, 15) is 0 Å². The molecule has 0 atom stereocenters. The minimum Gasteiger partial charge on any atom is -0.303 e. The Morgan fingerprint density at radius 1 is 1.19 bits per heavy atom. The molecule has 114 valence electrons. The summed E-state index contributed by atoms with van der Waals surface area (Å²) >= 11 is 0. The van der Waals surface area contributed by atoms with Gasteiger partial charge in [-0.05, 0) is 70.2 Å². The number of hydrogen-bond acceptors (Lipinski definition) is 3. The summed E-state index contributed by atoms with van der Waals surface area (Å²) in [5.74, 6) is 0. The van der Waals surface area contributed by atoms with Crippen molar-refractivity contribution in [2.45, 2.75) is 38.6 Å². The lowest BCUT2D eigenvalue weighted by molar-refractivity contribution is 0.249. The quantitative estimate of drug-likeness (QED) is 0.803. The molecular weight excluding hydrogens is 258 g/mol. The van der Waals surface area contributed by atoms with E-state index in [2.05, 4.69) is 29.0 Å². The van der Waals surface area contributed by atoms with Gasteiger partial charge in [0.25, 0.3) is 0 Å². The largest absolute Gasteiger partial charge is 0.303 e. The van der Waals surface area contributed by atoms with Crippen LogP contribution in [0.25, 0.3) is 0 Å². The minimum absolute atomic E-state index is 0.755. The molecule has 0 aromatic heterocycles. The molecule has 0 N–H and O–H groups in total. The van der Waals surface area contributed by atoms with Gasteiger partial charge in [-0.1, -0.05) is 25.0 Å². The summed E-state index contributed by atoms with van der Waals surface area (Å²) < 4.78 is 0. The molecule has 2 rings (SSSR count). The van der Waals surface area contributed by atoms with Gasteiger partial charge in [0.05, 0.1) is 11.6 Å². The van der Waals surface area contributed by atoms with Crippen LogP contribution >= 0.6 is 0 Å². The fourth-order valence-electron chi connectivity index (χ4n) is 3.05. The number of hydrogen-bond donors (Lipinski definition) is 0. The van der Waals surface area contributed by atoms with Crippen molar-refractivity contribution in [1.29, 1.82) is 5.26 Å². The molecule has 1 aromatic rings. The van der Waals surface area contributed by atoms with Gasteiger partial charge in [-0.25, -0.2) is 0 Å². The Kier molecular flexibility index (Phi) is 6.72. The van der Waals surface area contributed by atoms with Crippen LogP contribution in [0, 0.1) is 11.3 Å². The van der Waals surface area contributed by atoms with Crippen molar-refractivity contribution in [2.24, 2.45) is 0 Å². The average molecular weight is 285 g/mol. The zero-order chi connectivity index (χ0) is 14.9. The summed E-state index contributed by atoms with van der Waals surface area (Å²) in [6, 6.07) is 10.1. The topological polar surface area (TPSA) is 30.3 Å². The van der Waals surface area contributed by atoms with Crippen LogP contribution < -0.4 is 0 Å². The molecule has 0 bridgehead atoms. The summed E-state index contributed by atoms with van der Waals surface area (Å²) in [5, 5.41) is 8.94. The molecule has 21 heavy (non-hydrogen) atoms. The van der Waals surface area contributed by atoms with E-state index in [0.29, 0.717) is 0 Å². The van der Waals surface area contributed by atoms with E-state index in [0.717, 1.165) is 18.7 Å². The molecule has 0 radical (unpaired) electrons. The molecule has 0 aliphatic carbocycles. The normalized spacial score (nSPS) is 16.6. The second-order valence-corrected chi connectivity index (χ2v) is 6.16. The van der Waals surface area contributed by atoms with Crippen molar-refractivity contribution in [3.63, 3.8) is 0 Å². The lowest BCUT2D eigenvalue weighted by Gasteiger charge is -2.22. The van der Waals surface area contributed by atoms with Crippen LogP contribution in [-0.2, 0) is 6.54 Å². The van der Waals surface area contributed by atoms with Gasteiger partial charge in [0.1, 0.15) is 0 Å². The molecule has 1 heterocycles. The highest BCUT2D eigenvalue weighted by Crippen LogP contribution is 2.10. The summed E-state index contributed by atoms with van der Waals surface area (Å²) in [6.07, 6.45) is 6.79. The van der Waals surface area contributed by atoms with Crippen molar-refractivity contribution in [2.75, 3.05) is 33.2 Å². The van der Waals surface area contributed by atoms with Gasteiger partial charge < -0.3 is 9.80 Å². The van der Waals surface area contributed by atoms with Crippen molar-refractivity contribution < 1.29 is 0 Å². The number of nitriles is 1. The van der Waals surface area contributed by atoms with Crippen LogP contribution in [-0.4, -0.2) is 43.0 Å². The van der Waals surface area contributed by atoms with Crippen LogP contribution in [0.2, 0.25) is 0 Å². The highest BCUT2D eigenvalue weighted by Gasteiger charge is 2.09. The van der Waals surface area contributed by atoms with Crippen molar-refractivity contribution in [1.82, 2.24) is 9.80 Å². The highest BCUT2D eigenvalue weighted by atomic mass is 15.1. The molecule has 0 spiro atoms. The van der Waals surface area contributed by atoms with Gasteiger partial charge in [0, 0.05) is 6.54 Å². The van der Waals surface area contributed by atoms with Gasteiger partial charge in [-0.2, -0.15) is 5.26 Å². The Labute approximate surface area is 129 Å². The summed E-state index contributed by atoms with van der Waals surface area (Å²) in [5.41, 5.74) is 1.98. The lowest BCUT2D eigenvalue weighted by atomic mass is 10.1. The molecular formula is C18H27N3. The van der Waals surface area contributed by atoms with Crippen LogP contribution in [0.3, 0.4) is 0 Å². The molecule has 3 nitrogen and oxygen atoms in total. The third-order valence-corrected chi connectivity index (χ3v) is 4.22. The zero-order valence-corrected chi connectivity index (χ0v) is 13.2. The van der Waals surface area contributed by atoms with Crippen LogP contribution in [0.5, 0.6) is 0 Å². The number of benzene rings is 1. The maximum atomic E-state index is 8.94. The SMILES string of the molecule is CN(CCCN1CCCCCC1)Cc1cccc(C#N)c1. The first-order valence-corrected chi connectivity index (χ1v) is 8.18. The van der Waals surface area contributed by atoms with Crippen molar-refractivity contribution in [3.05, 3.63) is 35.4 Å². The predicted molar refractivity (Wildman–Crippen MR) is 87.0 cm³/mol. The standard InChI is InChI=1S/C18H27N3/c1-20(16-18-9-6-8-17(14-18)15-19)10-7-13-21-11-4-2-3-5-12-21/h6,8-9,14H,2-5,7,10-13,16H2,1H3. The first-order chi connectivity index (χ1) is 10.3. The Morgan fingerprint density at radius 3 is 2.67 bits per heavy atom. The van der Waals surface area contributed by atoms with E-state index in [4.69, 9.17) is 5.26 Å². The van der Waals surface area contributed by atoms with Crippen LogP contribution in [0.1, 0.15) is 43.2 Å².